The zero-order valence-corrected chi connectivity index (χ0v) is 38.9. The highest BCUT2D eigenvalue weighted by atomic mass is 32.2. The molecular weight excluding hydrogens is 870 g/mol. The first-order valence-electron chi connectivity index (χ1n) is 23.4. The topological polar surface area (TPSA) is 192 Å². The Morgan fingerprint density at radius 2 is 1.71 bits per heavy atom. The number of nitrogens with zero attached hydrogens (tertiary/aromatic N) is 2. The summed E-state index contributed by atoms with van der Waals surface area (Å²) in [5, 5.41) is 6.03. The summed E-state index contributed by atoms with van der Waals surface area (Å²) < 4.78 is 67.5. The number of pyridine rings is 1. The van der Waals surface area contributed by atoms with Gasteiger partial charge in [-0.05, 0) is 143 Å². The molecule has 1 aromatic heterocycles. The summed E-state index contributed by atoms with van der Waals surface area (Å²) in [6, 6.07) is 9.65. The van der Waals surface area contributed by atoms with Crippen LogP contribution in [0.2, 0.25) is 0 Å². The van der Waals surface area contributed by atoms with Crippen LogP contribution in [0.15, 0.2) is 54.6 Å². The minimum atomic E-state index is -3.96. The number of fused-ring (bicyclic) bond motifs is 4. The number of halogens is 1. The molecule has 4 aliphatic carbocycles. The number of aromatic nitrogens is 1. The van der Waals surface area contributed by atoms with Crippen LogP contribution in [-0.2, 0) is 29.1 Å². The van der Waals surface area contributed by atoms with Crippen molar-refractivity contribution < 1.29 is 50.9 Å². The van der Waals surface area contributed by atoms with Crippen LogP contribution in [0.3, 0.4) is 0 Å². The summed E-state index contributed by atoms with van der Waals surface area (Å²) in [5.74, 6) is -1.57. The number of hydrogen-bond acceptors (Lipinski definition) is 11. The fourth-order valence-corrected chi connectivity index (χ4v) is 11.7. The maximum Gasteiger partial charge on any atom is 0.408 e. The lowest BCUT2D eigenvalue weighted by Crippen LogP contribution is -2.59. The van der Waals surface area contributed by atoms with E-state index in [2.05, 4.69) is 22.3 Å². The van der Waals surface area contributed by atoms with Crippen LogP contribution in [0.4, 0.5) is 9.18 Å². The number of sulfonamides is 1. The third kappa shape index (κ3) is 9.68. The van der Waals surface area contributed by atoms with Crippen molar-refractivity contribution >= 4 is 44.6 Å². The summed E-state index contributed by atoms with van der Waals surface area (Å²) in [4.78, 5) is 63.8. The average molecular weight is 930 g/mol. The normalized spacial score (nSPS) is 31.3. The minimum Gasteiger partial charge on any atom is -0.494 e. The first kappa shape index (κ1) is 45.7. The number of rotatable bonds is 11. The number of methoxy groups -OCH3 is 1. The van der Waals surface area contributed by atoms with E-state index in [9.17, 15) is 22.8 Å². The molecule has 0 radical (unpaired) electrons. The number of ether oxygens (including phenoxy) is 4. The fourth-order valence-electron chi connectivity index (χ4n) is 10.3. The molecule has 4 saturated carbocycles. The molecule has 3 aromatic rings. The van der Waals surface area contributed by atoms with Gasteiger partial charge < -0.3 is 34.5 Å². The van der Waals surface area contributed by atoms with Gasteiger partial charge in [-0.25, -0.2) is 22.6 Å². The number of allylic oxidation sites excluding steroid dienone is 1. The molecule has 15 nitrogen and oxygen atoms in total. The van der Waals surface area contributed by atoms with Crippen LogP contribution < -0.4 is 29.6 Å². The zero-order chi connectivity index (χ0) is 46.7. The summed E-state index contributed by atoms with van der Waals surface area (Å²) in [6.07, 6.45) is 7.64. The molecule has 2 aliphatic heterocycles. The molecule has 0 spiro atoms. The van der Waals surface area contributed by atoms with Gasteiger partial charge in [-0.2, -0.15) is 0 Å². The Balaban J connectivity index is 1.06. The lowest BCUT2D eigenvalue weighted by molar-refractivity contribution is -0.142. The van der Waals surface area contributed by atoms with Gasteiger partial charge in [-0.3, -0.25) is 19.1 Å². The molecule has 10 atom stereocenters. The molecule has 17 heteroatoms. The molecule has 6 aliphatic rings. The van der Waals surface area contributed by atoms with Crippen molar-refractivity contribution in [2.24, 2.45) is 29.6 Å². The van der Waals surface area contributed by atoms with E-state index in [0.29, 0.717) is 65.3 Å². The Hall–Kier alpha value is -5.45. The molecule has 3 N–H and O–H groups in total. The van der Waals surface area contributed by atoms with Crippen LogP contribution in [-0.4, -0.2) is 97.0 Å². The van der Waals surface area contributed by atoms with Gasteiger partial charge in [0.2, 0.25) is 27.7 Å². The highest BCUT2D eigenvalue weighted by Crippen LogP contribution is 2.52. The number of alkyl carbamates (subject to hydrolysis) is 1. The Morgan fingerprint density at radius 3 is 2.41 bits per heavy atom. The quantitative estimate of drug-likeness (QED) is 0.176. The van der Waals surface area contributed by atoms with E-state index in [1.807, 2.05) is 57.2 Å². The molecule has 1 saturated heterocycles. The summed E-state index contributed by atoms with van der Waals surface area (Å²) in [7, 11) is -2.58. The average Bonchev–Trinajstić information content (AvgIpc) is 4.23. The SMILES string of the molecule is COc1cc2cc(-c3ccc(OC(C)C)cc3)nc(O[C@@H]3C[C@H]4C(=O)N[C@]5(C(=O)NS(=O)(=O)C6CC6)C[C@H]5/C=C\CC[C@H](C)C[C@@H](C)[C@H](NC(=O)O[C@@H]5C[C@@H]6C[C@@H]6C5)C(=O)N4C3)c2cc1F. The molecule has 4 amide bonds. The van der Waals surface area contributed by atoms with Crippen LogP contribution in [0.5, 0.6) is 17.4 Å². The molecule has 5 fully saturated rings. The van der Waals surface area contributed by atoms with Crippen molar-refractivity contribution in [1.29, 1.82) is 0 Å². The maximum absolute atomic E-state index is 15.5. The van der Waals surface area contributed by atoms with Crippen molar-refractivity contribution in [3.05, 3.63) is 60.4 Å². The number of amides is 4. The molecule has 354 valence electrons. The van der Waals surface area contributed by atoms with Gasteiger partial charge >= 0.3 is 6.09 Å². The van der Waals surface area contributed by atoms with Gasteiger partial charge in [0.05, 0.1) is 30.7 Å². The number of hydrogen-bond donors (Lipinski definition) is 3. The van der Waals surface area contributed by atoms with Crippen molar-refractivity contribution in [3.8, 4) is 28.6 Å². The smallest absolute Gasteiger partial charge is 0.408 e. The summed E-state index contributed by atoms with van der Waals surface area (Å²) >= 11 is 0. The number of nitrogens with one attached hydrogen (secondary N) is 3. The Morgan fingerprint density at radius 1 is 0.970 bits per heavy atom. The fraction of sp³-hybridized carbons (Fsp3) is 0.571. The largest absolute Gasteiger partial charge is 0.494 e. The first-order valence-corrected chi connectivity index (χ1v) is 25.0. The van der Waals surface area contributed by atoms with Crippen LogP contribution >= 0.6 is 0 Å². The first-order chi connectivity index (χ1) is 31.5. The molecule has 66 heavy (non-hydrogen) atoms. The van der Waals surface area contributed by atoms with Gasteiger partial charge in [-0.1, -0.05) is 26.0 Å². The van der Waals surface area contributed by atoms with Gasteiger partial charge in [0, 0.05) is 23.3 Å². The van der Waals surface area contributed by atoms with Gasteiger partial charge in [0.1, 0.15) is 35.6 Å². The van der Waals surface area contributed by atoms with Crippen molar-refractivity contribution in [1.82, 2.24) is 25.2 Å². The summed E-state index contributed by atoms with van der Waals surface area (Å²) in [6.45, 7) is 7.71. The molecule has 0 bridgehead atoms. The minimum absolute atomic E-state index is 0.0154. The van der Waals surface area contributed by atoms with Crippen molar-refractivity contribution in [3.63, 3.8) is 0 Å². The van der Waals surface area contributed by atoms with E-state index in [1.165, 1.54) is 18.1 Å². The van der Waals surface area contributed by atoms with Crippen molar-refractivity contribution in [2.75, 3.05) is 13.7 Å². The number of benzene rings is 2. The lowest BCUT2D eigenvalue weighted by atomic mass is 9.88. The predicted octanol–water partition coefficient (Wildman–Crippen LogP) is 6.57. The third-order valence-electron chi connectivity index (χ3n) is 14.2. The van der Waals surface area contributed by atoms with Gasteiger partial charge in [0.25, 0.3) is 5.91 Å². The van der Waals surface area contributed by atoms with Crippen LogP contribution in [0, 0.1) is 35.4 Å². The standard InChI is InChI=1S/C49H60FN5O10S/c1-26(2)63-34-12-10-29(11-13-34)40-20-32-21-42(62-5)39(50)23-38(32)45(51-40)64-36-22-41-44(56)53-49(47(58)54-66(60,61)37-14-15-37)24-33(49)9-7-6-8-27(3)16-28(4)43(46(57)55(41)25-36)52-48(59)65-35-18-30-17-31(30)19-35/h7,9-13,20-21,23,26-28,30-31,33,35-37,41,43H,6,8,14-19,22,24-25H2,1-5H3,(H,52,59)(H,53,56)(H,54,58)/b9-7-/t27-,28+,30-,31+,33+,35+,36+,41-,43-,49+/m0/s1. The Labute approximate surface area is 385 Å². The summed E-state index contributed by atoms with van der Waals surface area (Å²) in [5.41, 5.74) is -0.366. The molecular formula is C49H60FN5O10S. The zero-order valence-electron chi connectivity index (χ0n) is 38.1. The van der Waals surface area contributed by atoms with Gasteiger partial charge in [-0.15, -0.1) is 0 Å². The predicted molar refractivity (Wildman–Crippen MR) is 242 cm³/mol. The third-order valence-corrected chi connectivity index (χ3v) is 16.1. The highest BCUT2D eigenvalue weighted by molar-refractivity contribution is 7.91. The van der Waals surface area contributed by atoms with Gasteiger partial charge in [0.15, 0.2) is 11.6 Å². The van der Waals surface area contributed by atoms with Crippen LogP contribution in [0.25, 0.3) is 22.0 Å². The van der Waals surface area contributed by atoms with Crippen molar-refractivity contribution in [2.45, 2.75) is 133 Å². The number of carbonyl (C=O) groups excluding carboxylic acids is 4. The molecule has 3 heterocycles. The van der Waals surface area contributed by atoms with E-state index >= 15 is 9.18 Å². The highest BCUT2D eigenvalue weighted by Gasteiger charge is 2.62. The second-order valence-electron chi connectivity index (χ2n) is 19.8. The Bertz CT molecular complexity index is 2520. The maximum atomic E-state index is 15.5. The van der Waals surface area contributed by atoms with Crippen LogP contribution in [0.1, 0.15) is 91.9 Å². The molecule has 2 aromatic carbocycles. The van der Waals surface area contributed by atoms with E-state index in [-0.39, 0.29) is 55.1 Å². The van der Waals surface area contributed by atoms with E-state index in [0.717, 1.165) is 25.7 Å². The van der Waals surface area contributed by atoms with E-state index in [4.69, 9.17) is 23.9 Å². The second kappa shape index (κ2) is 18.0. The number of carbonyl (C=O) groups is 4. The monoisotopic (exact) mass is 929 g/mol. The Kier molecular flexibility index (Phi) is 12.4. The van der Waals surface area contributed by atoms with E-state index < -0.39 is 74.5 Å². The lowest BCUT2D eigenvalue weighted by Gasteiger charge is -2.33. The second-order valence-corrected chi connectivity index (χ2v) is 21.8. The molecule has 9 rings (SSSR count). The van der Waals surface area contributed by atoms with E-state index in [1.54, 1.807) is 12.1 Å². The molecule has 0 unspecified atom stereocenters.